The largest absolute Gasteiger partial charge is 0.502 e. The van der Waals surface area contributed by atoms with Crippen molar-refractivity contribution in [1.82, 2.24) is 0 Å². The average Bonchev–Trinajstić information content (AvgIpc) is 2.57. The van der Waals surface area contributed by atoms with Crippen LogP contribution in [0.25, 0.3) is 11.3 Å². The van der Waals surface area contributed by atoms with E-state index in [4.69, 9.17) is 21.1 Å². The lowest BCUT2D eigenvalue weighted by molar-refractivity contribution is 0.209. The van der Waals surface area contributed by atoms with Gasteiger partial charge in [-0.1, -0.05) is 11.6 Å². The van der Waals surface area contributed by atoms with Crippen molar-refractivity contribution in [2.24, 2.45) is 0 Å². The highest BCUT2D eigenvalue weighted by Gasteiger charge is 2.23. The van der Waals surface area contributed by atoms with E-state index in [1.54, 1.807) is 5.32 Å². The van der Waals surface area contributed by atoms with E-state index in [2.05, 4.69) is 0 Å². The Bertz CT molecular complexity index is 655. The summed E-state index contributed by atoms with van der Waals surface area (Å²) in [6.45, 7) is 0. The van der Waals surface area contributed by atoms with E-state index in [0.29, 0.717) is 0 Å². The molecule has 0 saturated carbocycles. The van der Waals surface area contributed by atoms with Crippen molar-refractivity contribution in [2.45, 2.75) is 0 Å². The van der Waals surface area contributed by atoms with Crippen molar-refractivity contribution < 1.29 is 28.9 Å². The molecule has 2 rings (SSSR count). The molecule has 1 amide bonds. The Kier molecular flexibility index (Phi) is 3.22. The van der Waals surface area contributed by atoms with Crippen molar-refractivity contribution in [1.29, 1.82) is 0 Å². The van der Waals surface area contributed by atoms with Crippen LogP contribution in [0.5, 0.6) is 11.5 Å². The van der Waals surface area contributed by atoms with E-state index in [9.17, 15) is 19.4 Å². The van der Waals surface area contributed by atoms with Gasteiger partial charge in [0.05, 0.1) is 5.02 Å². The molecule has 1 aromatic carbocycles. The third-order valence-corrected chi connectivity index (χ3v) is 2.57. The van der Waals surface area contributed by atoms with Crippen molar-refractivity contribution in [3.8, 4) is 22.8 Å². The van der Waals surface area contributed by atoms with Gasteiger partial charge in [0.15, 0.2) is 5.76 Å². The first kappa shape index (κ1) is 13.0. The number of carbonyl (C=O) groups is 1. The summed E-state index contributed by atoms with van der Waals surface area (Å²) in [4.78, 5) is 10.5. The van der Waals surface area contributed by atoms with Gasteiger partial charge in [-0.25, -0.2) is 9.18 Å². The van der Waals surface area contributed by atoms with Crippen LogP contribution in [-0.4, -0.2) is 21.4 Å². The third-order valence-electron chi connectivity index (χ3n) is 2.25. The van der Waals surface area contributed by atoms with Crippen LogP contribution in [0.2, 0.25) is 5.02 Å². The molecule has 0 aliphatic heterocycles. The highest BCUT2D eigenvalue weighted by Crippen LogP contribution is 2.46. The van der Waals surface area contributed by atoms with Crippen LogP contribution in [-0.2, 0) is 0 Å². The maximum atomic E-state index is 12.9. The smallest absolute Gasteiger partial charge is 0.411 e. The van der Waals surface area contributed by atoms with Crippen LogP contribution in [0.4, 0.5) is 15.1 Å². The zero-order chi connectivity index (χ0) is 14.2. The Hall–Kier alpha value is -2.41. The second-order valence-corrected chi connectivity index (χ2v) is 3.92. The Labute approximate surface area is 110 Å². The number of hydrogen-bond donors (Lipinski definition) is 4. The van der Waals surface area contributed by atoms with Crippen molar-refractivity contribution >= 4 is 23.6 Å². The van der Waals surface area contributed by atoms with Gasteiger partial charge in [-0.15, -0.1) is 0 Å². The zero-order valence-corrected chi connectivity index (χ0v) is 9.90. The van der Waals surface area contributed by atoms with E-state index in [1.165, 1.54) is 6.07 Å². The van der Waals surface area contributed by atoms with Crippen molar-refractivity contribution in [3.05, 3.63) is 29.0 Å². The Morgan fingerprint density at radius 3 is 2.58 bits per heavy atom. The van der Waals surface area contributed by atoms with Crippen LogP contribution < -0.4 is 5.32 Å². The van der Waals surface area contributed by atoms with Gasteiger partial charge >= 0.3 is 6.09 Å². The standard InChI is InChI=1S/C11H7ClFNO5/c12-6-3-4(13)1-2-5(6)9-7(15)8(16)10(19-9)14-11(17)18/h1-3,14-16H,(H,17,18). The fourth-order valence-corrected chi connectivity index (χ4v) is 1.70. The molecule has 0 atom stereocenters. The molecule has 0 saturated heterocycles. The first-order valence-electron chi connectivity index (χ1n) is 4.90. The minimum Gasteiger partial charge on any atom is -0.502 e. The lowest BCUT2D eigenvalue weighted by Gasteiger charge is -2.01. The molecular weight excluding hydrogens is 281 g/mol. The summed E-state index contributed by atoms with van der Waals surface area (Å²) < 4.78 is 17.9. The van der Waals surface area contributed by atoms with Crippen LogP contribution in [0.15, 0.2) is 22.6 Å². The minimum atomic E-state index is -1.49. The number of halogens is 2. The summed E-state index contributed by atoms with van der Waals surface area (Å²) in [5, 5.41) is 29.3. The number of aromatic hydroxyl groups is 2. The first-order chi connectivity index (χ1) is 8.90. The van der Waals surface area contributed by atoms with E-state index in [1.807, 2.05) is 0 Å². The molecule has 6 nitrogen and oxygen atoms in total. The fraction of sp³-hybridized carbons (Fsp3) is 0. The third kappa shape index (κ3) is 2.41. The molecule has 8 heteroatoms. The van der Waals surface area contributed by atoms with Gasteiger partial charge in [-0.3, -0.25) is 5.32 Å². The molecule has 0 radical (unpaired) electrons. The predicted molar refractivity (Wildman–Crippen MR) is 64.1 cm³/mol. The number of anilines is 1. The monoisotopic (exact) mass is 287 g/mol. The molecule has 1 aromatic heterocycles. The Morgan fingerprint density at radius 1 is 1.32 bits per heavy atom. The molecule has 0 unspecified atom stereocenters. The normalized spacial score (nSPS) is 10.4. The molecule has 0 aliphatic carbocycles. The first-order valence-corrected chi connectivity index (χ1v) is 5.28. The maximum Gasteiger partial charge on any atom is 0.411 e. The Balaban J connectivity index is 2.53. The Morgan fingerprint density at radius 2 is 2.00 bits per heavy atom. The summed E-state index contributed by atoms with van der Waals surface area (Å²) in [5.41, 5.74) is 0.106. The summed E-state index contributed by atoms with van der Waals surface area (Å²) in [6.07, 6.45) is -1.49. The van der Waals surface area contributed by atoms with Gasteiger partial charge in [0.25, 0.3) is 0 Å². The van der Waals surface area contributed by atoms with Gasteiger partial charge in [0.2, 0.25) is 17.4 Å². The molecule has 0 aliphatic rings. The van der Waals surface area contributed by atoms with Crippen LogP contribution in [0.3, 0.4) is 0 Å². The quantitative estimate of drug-likeness (QED) is 0.679. The lowest BCUT2D eigenvalue weighted by atomic mass is 10.1. The zero-order valence-electron chi connectivity index (χ0n) is 9.15. The van der Waals surface area contributed by atoms with Gasteiger partial charge in [0, 0.05) is 5.56 Å². The molecule has 0 fully saturated rings. The van der Waals surface area contributed by atoms with Gasteiger partial charge in [-0.05, 0) is 18.2 Å². The number of amides is 1. The SMILES string of the molecule is O=C(O)Nc1oc(-c2ccc(F)cc2Cl)c(O)c1O. The summed E-state index contributed by atoms with van der Waals surface area (Å²) >= 11 is 5.77. The van der Waals surface area contributed by atoms with Crippen molar-refractivity contribution in [2.75, 3.05) is 5.32 Å². The number of hydrogen-bond acceptors (Lipinski definition) is 4. The topological polar surface area (TPSA) is 103 Å². The van der Waals surface area contributed by atoms with Crippen LogP contribution in [0, 0.1) is 5.82 Å². The minimum absolute atomic E-state index is 0.0640. The maximum absolute atomic E-state index is 12.9. The van der Waals surface area contributed by atoms with Crippen LogP contribution >= 0.6 is 11.6 Å². The number of rotatable bonds is 2. The number of carboxylic acid groups (broad SMARTS) is 1. The van der Waals surface area contributed by atoms with Crippen molar-refractivity contribution in [3.63, 3.8) is 0 Å². The molecule has 1 heterocycles. The molecule has 2 aromatic rings. The highest BCUT2D eigenvalue weighted by atomic mass is 35.5. The second kappa shape index (κ2) is 4.69. The van der Waals surface area contributed by atoms with E-state index >= 15 is 0 Å². The van der Waals surface area contributed by atoms with E-state index < -0.39 is 29.3 Å². The van der Waals surface area contributed by atoms with Gasteiger partial charge < -0.3 is 19.7 Å². The molecule has 100 valence electrons. The average molecular weight is 288 g/mol. The summed E-state index contributed by atoms with van der Waals surface area (Å²) in [7, 11) is 0. The predicted octanol–water partition coefficient (Wildman–Crippen LogP) is 3.24. The molecular formula is C11H7ClFNO5. The number of benzene rings is 1. The second-order valence-electron chi connectivity index (χ2n) is 3.51. The van der Waals surface area contributed by atoms with Gasteiger partial charge in [-0.2, -0.15) is 0 Å². The fourth-order valence-electron chi connectivity index (χ4n) is 1.45. The molecule has 19 heavy (non-hydrogen) atoms. The highest BCUT2D eigenvalue weighted by molar-refractivity contribution is 6.33. The van der Waals surface area contributed by atoms with Gasteiger partial charge in [0.1, 0.15) is 5.82 Å². The van der Waals surface area contributed by atoms with E-state index in [-0.39, 0.29) is 16.3 Å². The summed E-state index contributed by atoms with van der Waals surface area (Å²) in [6, 6.07) is 3.28. The molecule has 4 N–H and O–H groups in total. The van der Waals surface area contributed by atoms with Crippen LogP contribution in [0.1, 0.15) is 0 Å². The van der Waals surface area contributed by atoms with E-state index in [0.717, 1.165) is 12.1 Å². The number of nitrogens with one attached hydrogen (secondary N) is 1. The molecule has 0 spiro atoms. The summed E-state index contributed by atoms with van der Waals surface area (Å²) in [5.74, 6) is -2.89. The number of furan rings is 1. The molecule has 0 bridgehead atoms. The lowest BCUT2D eigenvalue weighted by Crippen LogP contribution is -2.06.